The second-order valence-electron chi connectivity index (χ2n) is 4.75. The molecule has 0 unspecified atom stereocenters. The number of benzene rings is 1. The standard InChI is InChI=1S/C13H19N3O2S/c1-19(17,18)10-12-5-3-11(4-6-12)9-16-13-14-7-2-8-15-13/h3-6H,2,7-10H2,1H3,(H2,14,15,16). The van der Waals surface area contributed by atoms with Crippen molar-refractivity contribution in [3.8, 4) is 0 Å². The molecule has 1 aromatic rings. The molecule has 1 aliphatic rings. The molecule has 5 nitrogen and oxygen atoms in total. The minimum absolute atomic E-state index is 0.0922. The molecule has 0 aromatic heterocycles. The van der Waals surface area contributed by atoms with Gasteiger partial charge in [-0.25, -0.2) is 8.42 Å². The van der Waals surface area contributed by atoms with Gasteiger partial charge in [-0.3, -0.25) is 4.99 Å². The van der Waals surface area contributed by atoms with Gasteiger partial charge in [0.2, 0.25) is 0 Å². The van der Waals surface area contributed by atoms with Crippen molar-refractivity contribution >= 4 is 15.8 Å². The van der Waals surface area contributed by atoms with Gasteiger partial charge in [0, 0.05) is 25.9 Å². The normalized spacial score (nSPS) is 15.5. The maximum Gasteiger partial charge on any atom is 0.191 e. The van der Waals surface area contributed by atoms with Crippen LogP contribution in [-0.2, 0) is 22.1 Å². The second-order valence-corrected chi connectivity index (χ2v) is 6.89. The first-order valence-corrected chi connectivity index (χ1v) is 8.37. The van der Waals surface area contributed by atoms with Crippen LogP contribution in [-0.4, -0.2) is 33.7 Å². The monoisotopic (exact) mass is 281 g/mol. The summed E-state index contributed by atoms with van der Waals surface area (Å²) in [5, 5.41) is 6.42. The molecule has 0 fully saturated rings. The number of guanidine groups is 1. The number of hydrogen-bond donors (Lipinski definition) is 2. The molecule has 0 saturated heterocycles. The largest absolute Gasteiger partial charge is 0.356 e. The molecule has 2 rings (SSSR count). The Morgan fingerprint density at radius 2 is 1.95 bits per heavy atom. The van der Waals surface area contributed by atoms with Crippen LogP contribution in [0.2, 0.25) is 0 Å². The molecule has 19 heavy (non-hydrogen) atoms. The molecule has 1 aromatic carbocycles. The third-order valence-corrected chi connectivity index (χ3v) is 3.67. The molecule has 0 bridgehead atoms. The summed E-state index contributed by atoms with van der Waals surface area (Å²) in [6, 6.07) is 7.59. The minimum Gasteiger partial charge on any atom is -0.356 e. The highest BCUT2D eigenvalue weighted by Gasteiger charge is 2.05. The third kappa shape index (κ3) is 4.90. The van der Waals surface area contributed by atoms with E-state index in [-0.39, 0.29) is 5.75 Å². The number of aliphatic imine (C=N–C) groups is 1. The van der Waals surface area contributed by atoms with Crippen molar-refractivity contribution < 1.29 is 8.42 Å². The lowest BCUT2D eigenvalue weighted by molar-refractivity contribution is 0.601. The van der Waals surface area contributed by atoms with Crippen molar-refractivity contribution in [1.29, 1.82) is 0 Å². The zero-order chi connectivity index (χ0) is 13.7. The van der Waals surface area contributed by atoms with E-state index in [9.17, 15) is 8.42 Å². The van der Waals surface area contributed by atoms with Crippen molar-refractivity contribution in [3.05, 3.63) is 35.4 Å². The van der Waals surface area contributed by atoms with Crippen LogP contribution in [0.25, 0.3) is 0 Å². The van der Waals surface area contributed by atoms with Crippen LogP contribution in [0.15, 0.2) is 29.3 Å². The Morgan fingerprint density at radius 3 is 2.53 bits per heavy atom. The number of rotatable bonds is 4. The van der Waals surface area contributed by atoms with Gasteiger partial charge in [-0.1, -0.05) is 24.3 Å². The molecule has 0 amide bonds. The lowest BCUT2D eigenvalue weighted by Crippen LogP contribution is -2.40. The van der Waals surface area contributed by atoms with E-state index in [4.69, 9.17) is 0 Å². The maximum atomic E-state index is 11.2. The fourth-order valence-corrected chi connectivity index (χ4v) is 2.69. The Labute approximate surface area is 114 Å². The first-order chi connectivity index (χ1) is 9.03. The van der Waals surface area contributed by atoms with Crippen LogP contribution in [0.4, 0.5) is 0 Å². The van der Waals surface area contributed by atoms with Gasteiger partial charge < -0.3 is 10.6 Å². The molecule has 2 N–H and O–H groups in total. The van der Waals surface area contributed by atoms with Crippen LogP contribution >= 0.6 is 0 Å². The minimum atomic E-state index is -2.96. The number of nitrogens with one attached hydrogen (secondary N) is 2. The molecule has 0 spiro atoms. The quantitative estimate of drug-likeness (QED) is 0.851. The van der Waals surface area contributed by atoms with Gasteiger partial charge in [0.15, 0.2) is 15.8 Å². The van der Waals surface area contributed by atoms with E-state index in [0.29, 0.717) is 6.54 Å². The van der Waals surface area contributed by atoms with Gasteiger partial charge in [0.1, 0.15) is 0 Å². The van der Waals surface area contributed by atoms with Gasteiger partial charge in [0.05, 0.1) is 5.75 Å². The van der Waals surface area contributed by atoms with E-state index in [1.54, 1.807) is 0 Å². The zero-order valence-corrected chi connectivity index (χ0v) is 11.8. The Balaban J connectivity index is 1.90. The van der Waals surface area contributed by atoms with E-state index in [0.717, 1.165) is 36.6 Å². The summed E-state index contributed by atoms with van der Waals surface area (Å²) in [7, 11) is -2.96. The Bertz CT molecular complexity index is 550. The van der Waals surface area contributed by atoms with Gasteiger partial charge in [0.25, 0.3) is 0 Å². The smallest absolute Gasteiger partial charge is 0.191 e. The highest BCUT2D eigenvalue weighted by Crippen LogP contribution is 2.07. The summed E-state index contributed by atoms with van der Waals surface area (Å²) in [5.74, 6) is 0.932. The van der Waals surface area contributed by atoms with Crippen molar-refractivity contribution in [2.45, 2.75) is 18.7 Å². The Kier molecular flexibility index (Phi) is 4.42. The van der Waals surface area contributed by atoms with Crippen molar-refractivity contribution in [1.82, 2.24) is 10.6 Å². The summed E-state index contributed by atoms with van der Waals surface area (Å²) in [6.07, 6.45) is 2.32. The van der Waals surface area contributed by atoms with Crippen LogP contribution in [0, 0.1) is 0 Å². The van der Waals surface area contributed by atoms with Crippen LogP contribution in [0.5, 0.6) is 0 Å². The second kappa shape index (κ2) is 6.06. The molecule has 1 aliphatic heterocycles. The van der Waals surface area contributed by atoms with E-state index >= 15 is 0 Å². The van der Waals surface area contributed by atoms with E-state index in [2.05, 4.69) is 15.6 Å². The van der Waals surface area contributed by atoms with Gasteiger partial charge in [-0.2, -0.15) is 0 Å². The van der Waals surface area contributed by atoms with E-state index < -0.39 is 9.84 Å². The number of hydrogen-bond acceptors (Lipinski definition) is 5. The Morgan fingerprint density at radius 1 is 1.26 bits per heavy atom. The van der Waals surface area contributed by atoms with Crippen LogP contribution in [0.1, 0.15) is 17.5 Å². The molecule has 104 valence electrons. The molecule has 0 aliphatic carbocycles. The number of sulfone groups is 1. The predicted molar refractivity (Wildman–Crippen MR) is 76.8 cm³/mol. The highest BCUT2D eigenvalue weighted by atomic mass is 32.2. The molecular formula is C13H19N3O2S. The average Bonchev–Trinajstić information content (AvgIpc) is 2.37. The summed E-state index contributed by atoms with van der Waals surface area (Å²) < 4.78 is 22.4. The predicted octanol–water partition coefficient (Wildman–Crippen LogP) is 0.670. The third-order valence-electron chi connectivity index (χ3n) is 2.81. The molecule has 0 radical (unpaired) electrons. The van der Waals surface area contributed by atoms with Crippen molar-refractivity contribution in [2.24, 2.45) is 4.99 Å². The summed E-state index contributed by atoms with van der Waals surface area (Å²) >= 11 is 0. The van der Waals surface area contributed by atoms with Gasteiger partial charge >= 0.3 is 0 Å². The Hall–Kier alpha value is -1.56. The van der Waals surface area contributed by atoms with Crippen LogP contribution < -0.4 is 10.6 Å². The maximum absolute atomic E-state index is 11.2. The van der Waals surface area contributed by atoms with Crippen molar-refractivity contribution in [2.75, 3.05) is 19.3 Å². The van der Waals surface area contributed by atoms with Crippen molar-refractivity contribution in [3.63, 3.8) is 0 Å². The molecule has 0 saturated carbocycles. The average molecular weight is 281 g/mol. The summed E-state index contributed by atoms with van der Waals surface area (Å²) in [4.78, 5) is 4.33. The molecule has 6 heteroatoms. The molecular weight excluding hydrogens is 262 g/mol. The molecule has 0 atom stereocenters. The SMILES string of the molecule is CS(=O)(=O)Cc1ccc(CNC2=NCCCN2)cc1. The van der Waals surface area contributed by atoms with Crippen LogP contribution in [0.3, 0.4) is 0 Å². The lowest BCUT2D eigenvalue weighted by atomic mass is 10.1. The fourth-order valence-electron chi connectivity index (χ4n) is 1.89. The van der Waals surface area contributed by atoms with Gasteiger partial charge in [-0.15, -0.1) is 0 Å². The first-order valence-electron chi connectivity index (χ1n) is 6.31. The summed E-state index contributed by atoms with van der Waals surface area (Å²) in [5.41, 5.74) is 1.92. The summed E-state index contributed by atoms with van der Waals surface area (Å²) in [6.45, 7) is 2.51. The van der Waals surface area contributed by atoms with E-state index in [1.807, 2.05) is 24.3 Å². The first kappa shape index (κ1) is 13.9. The fraction of sp³-hybridized carbons (Fsp3) is 0.462. The zero-order valence-electron chi connectivity index (χ0n) is 11.0. The van der Waals surface area contributed by atoms with E-state index in [1.165, 1.54) is 6.26 Å². The molecule has 1 heterocycles. The number of nitrogens with zero attached hydrogens (tertiary/aromatic N) is 1. The lowest BCUT2D eigenvalue weighted by Gasteiger charge is -2.16. The highest BCUT2D eigenvalue weighted by molar-refractivity contribution is 7.89. The topological polar surface area (TPSA) is 70.6 Å². The van der Waals surface area contributed by atoms with Gasteiger partial charge in [-0.05, 0) is 17.5 Å².